The van der Waals surface area contributed by atoms with Gasteiger partial charge in [0.15, 0.2) is 0 Å². The normalized spacial score (nSPS) is 9.50. The van der Waals surface area contributed by atoms with Crippen molar-refractivity contribution in [3.63, 3.8) is 0 Å². The first-order valence-corrected chi connectivity index (χ1v) is 3.98. The average molecular weight is 200 g/mol. The molecular weight excluding hydrogens is 190 g/mol. The highest BCUT2D eigenvalue weighted by atomic mass is 79.9. The van der Waals surface area contributed by atoms with Gasteiger partial charge in [-0.05, 0) is 34.5 Å². The van der Waals surface area contributed by atoms with Crippen molar-refractivity contribution in [2.45, 2.75) is 6.92 Å². The number of nitrogens with one attached hydrogen (secondary N) is 1. The highest BCUT2D eigenvalue weighted by molar-refractivity contribution is 9.10. The van der Waals surface area contributed by atoms with Crippen LogP contribution in [0.15, 0.2) is 22.7 Å². The molecule has 0 heterocycles. The van der Waals surface area contributed by atoms with E-state index in [1.165, 1.54) is 11.3 Å². The van der Waals surface area contributed by atoms with Crippen molar-refractivity contribution in [1.82, 2.24) is 0 Å². The van der Waals surface area contributed by atoms with E-state index in [0.717, 1.165) is 4.47 Å². The van der Waals surface area contributed by atoms with Gasteiger partial charge in [-0.1, -0.05) is 12.1 Å². The maximum absolute atomic E-state index is 3.44. The van der Waals surface area contributed by atoms with Gasteiger partial charge in [0.25, 0.3) is 0 Å². The van der Waals surface area contributed by atoms with Crippen LogP contribution in [-0.2, 0) is 0 Å². The van der Waals surface area contributed by atoms with Gasteiger partial charge in [0.05, 0.1) is 5.69 Å². The fourth-order valence-electron chi connectivity index (χ4n) is 0.949. The molecule has 0 bridgehead atoms. The Balaban J connectivity index is 3.17. The number of rotatable bonds is 1. The standard InChI is InChI=1S/C8H10BrN/c1-6-4-3-5-7(9)8(6)10-2/h3-5,10H,1-2H3. The molecule has 0 spiro atoms. The number of anilines is 1. The molecule has 1 N–H and O–H groups in total. The molecule has 0 aliphatic carbocycles. The molecule has 0 saturated carbocycles. The number of halogens is 1. The average Bonchev–Trinajstić information content (AvgIpc) is 1.88. The molecule has 1 aromatic rings. The third kappa shape index (κ3) is 1.32. The van der Waals surface area contributed by atoms with Crippen LogP contribution in [0.4, 0.5) is 5.69 Å². The van der Waals surface area contributed by atoms with E-state index in [1.54, 1.807) is 0 Å². The minimum atomic E-state index is 1.12. The lowest BCUT2D eigenvalue weighted by atomic mass is 10.2. The van der Waals surface area contributed by atoms with Crippen molar-refractivity contribution in [2.75, 3.05) is 12.4 Å². The fraction of sp³-hybridized carbons (Fsp3) is 0.250. The summed E-state index contributed by atoms with van der Waals surface area (Å²) in [7, 11) is 1.92. The van der Waals surface area contributed by atoms with Crippen LogP contribution in [-0.4, -0.2) is 7.05 Å². The quantitative estimate of drug-likeness (QED) is 0.734. The van der Waals surface area contributed by atoms with Gasteiger partial charge in [0.1, 0.15) is 0 Å². The van der Waals surface area contributed by atoms with Crippen LogP contribution >= 0.6 is 15.9 Å². The van der Waals surface area contributed by atoms with Gasteiger partial charge in [-0.15, -0.1) is 0 Å². The van der Waals surface area contributed by atoms with E-state index in [1.807, 2.05) is 19.2 Å². The molecule has 54 valence electrons. The summed E-state index contributed by atoms with van der Waals surface area (Å²) in [5.41, 5.74) is 2.43. The van der Waals surface area contributed by atoms with Crippen LogP contribution in [0, 0.1) is 6.92 Å². The van der Waals surface area contributed by atoms with E-state index >= 15 is 0 Å². The lowest BCUT2D eigenvalue weighted by molar-refractivity contribution is 1.39. The summed E-state index contributed by atoms with van der Waals surface area (Å²) in [5.74, 6) is 0. The molecule has 1 rings (SSSR count). The van der Waals surface area contributed by atoms with Crippen LogP contribution in [0.5, 0.6) is 0 Å². The lowest BCUT2D eigenvalue weighted by Gasteiger charge is -2.05. The Morgan fingerprint density at radius 2 is 2.10 bits per heavy atom. The molecule has 0 aliphatic heterocycles. The van der Waals surface area contributed by atoms with Crippen molar-refractivity contribution in [1.29, 1.82) is 0 Å². The van der Waals surface area contributed by atoms with E-state index in [-0.39, 0.29) is 0 Å². The first kappa shape index (κ1) is 7.61. The molecule has 0 aliphatic rings. The van der Waals surface area contributed by atoms with Gasteiger partial charge >= 0.3 is 0 Å². The van der Waals surface area contributed by atoms with Crippen molar-refractivity contribution < 1.29 is 0 Å². The molecule has 0 atom stereocenters. The Hall–Kier alpha value is -0.500. The Kier molecular flexibility index (Phi) is 2.33. The largest absolute Gasteiger partial charge is 0.387 e. The smallest absolute Gasteiger partial charge is 0.0511 e. The van der Waals surface area contributed by atoms with Gasteiger partial charge in [0.2, 0.25) is 0 Å². The molecule has 0 fully saturated rings. The SMILES string of the molecule is CNc1c(C)cccc1Br. The zero-order valence-electron chi connectivity index (χ0n) is 6.11. The molecule has 0 aromatic heterocycles. The minimum absolute atomic E-state index is 1.12. The lowest BCUT2D eigenvalue weighted by Crippen LogP contribution is -1.91. The van der Waals surface area contributed by atoms with Gasteiger partial charge in [0, 0.05) is 11.5 Å². The first-order valence-electron chi connectivity index (χ1n) is 3.18. The summed E-state index contributed by atoms with van der Waals surface area (Å²) >= 11 is 3.44. The Labute approximate surface area is 69.6 Å². The van der Waals surface area contributed by atoms with Crippen LogP contribution in [0.25, 0.3) is 0 Å². The summed E-state index contributed by atoms with van der Waals surface area (Å²) < 4.78 is 1.12. The molecule has 0 saturated heterocycles. The summed E-state index contributed by atoms with van der Waals surface area (Å²) in [6.45, 7) is 2.08. The first-order chi connectivity index (χ1) is 4.75. The zero-order valence-corrected chi connectivity index (χ0v) is 7.70. The van der Waals surface area contributed by atoms with E-state index in [4.69, 9.17) is 0 Å². The minimum Gasteiger partial charge on any atom is -0.387 e. The molecular formula is C8H10BrN. The molecule has 10 heavy (non-hydrogen) atoms. The number of hydrogen-bond acceptors (Lipinski definition) is 1. The van der Waals surface area contributed by atoms with Crippen molar-refractivity contribution >= 4 is 21.6 Å². The van der Waals surface area contributed by atoms with Crippen LogP contribution in [0.3, 0.4) is 0 Å². The van der Waals surface area contributed by atoms with Crippen LogP contribution in [0.1, 0.15) is 5.56 Å². The van der Waals surface area contributed by atoms with E-state index in [2.05, 4.69) is 34.2 Å². The molecule has 0 amide bonds. The number of para-hydroxylation sites is 1. The molecule has 2 heteroatoms. The highest BCUT2D eigenvalue weighted by Gasteiger charge is 1.97. The molecule has 1 aromatic carbocycles. The van der Waals surface area contributed by atoms with Crippen molar-refractivity contribution in [3.05, 3.63) is 28.2 Å². The zero-order chi connectivity index (χ0) is 7.56. The second-order valence-electron chi connectivity index (χ2n) is 2.18. The van der Waals surface area contributed by atoms with E-state index < -0.39 is 0 Å². The van der Waals surface area contributed by atoms with Gasteiger partial charge in [-0.2, -0.15) is 0 Å². The van der Waals surface area contributed by atoms with Gasteiger partial charge < -0.3 is 5.32 Å². The molecule has 1 nitrogen and oxygen atoms in total. The number of hydrogen-bond donors (Lipinski definition) is 1. The maximum Gasteiger partial charge on any atom is 0.0511 e. The topological polar surface area (TPSA) is 12.0 Å². The Morgan fingerprint density at radius 1 is 1.40 bits per heavy atom. The molecule has 0 unspecified atom stereocenters. The summed E-state index contributed by atoms with van der Waals surface area (Å²) in [5, 5.41) is 3.12. The number of aryl methyl sites for hydroxylation is 1. The van der Waals surface area contributed by atoms with Gasteiger partial charge in [-0.3, -0.25) is 0 Å². The summed E-state index contributed by atoms with van der Waals surface area (Å²) in [6.07, 6.45) is 0. The second-order valence-corrected chi connectivity index (χ2v) is 3.04. The van der Waals surface area contributed by atoms with Crippen LogP contribution < -0.4 is 5.32 Å². The Bertz CT molecular complexity index is 212. The molecule has 0 radical (unpaired) electrons. The summed E-state index contributed by atoms with van der Waals surface area (Å²) in [6, 6.07) is 6.13. The van der Waals surface area contributed by atoms with E-state index in [9.17, 15) is 0 Å². The predicted octanol–water partition coefficient (Wildman–Crippen LogP) is 2.80. The Morgan fingerprint density at radius 3 is 2.50 bits per heavy atom. The van der Waals surface area contributed by atoms with Gasteiger partial charge in [-0.25, -0.2) is 0 Å². The highest BCUT2D eigenvalue weighted by Crippen LogP contribution is 2.24. The third-order valence-electron chi connectivity index (χ3n) is 1.47. The van der Waals surface area contributed by atoms with Crippen molar-refractivity contribution in [3.8, 4) is 0 Å². The van der Waals surface area contributed by atoms with E-state index in [0.29, 0.717) is 0 Å². The summed E-state index contributed by atoms with van der Waals surface area (Å²) in [4.78, 5) is 0. The third-order valence-corrected chi connectivity index (χ3v) is 2.13. The fourth-order valence-corrected chi connectivity index (χ4v) is 1.61. The van der Waals surface area contributed by atoms with Crippen LogP contribution in [0.2, 0.25) is 0 Å². The predicted molar refractivity (Wildman–Crippen MR) is 48.4 cm³/mol. The van der Waals surface area contributed by atoms with Crippen molar-refractivity contribution in [2.24, 2.45) is 0 Å². The maximum atomic E-state index is 3.44. The monoisotopic (exact) mass is 199 g/mol. The second kappa shape index (κ2) is 3.06. The number of benzene rings is 1.